The SMILES string of the molecule is CCOC(=O)C(NC(=O)c1cc(C2CC2)on1)C1CCCCC1. The van der Waals surface area contributed by atoms with Gasteiger partial charge in [0.25, 0.3) is 5.91 Å². The minimum atomic E-state index is -0.594. The molecule has 6 nitrogen and oxygen atoms in total. The lowest BCUT2D eigenvalue weighted by Gasteiger charge is -2.29. The third kappa shape index (κ3) is 3.92. The highest BCUT2D eigenvalue weighted by Crippen LogP contribution is 2.40. The summed E-state index contributed by atoms with van der Waals surface area (Å²) in [4.78, 5) is 24.7. The van der Waals surface area contributed by atoms with Crippen LogP contribution in [0, 0.1) is 5.92 Å². The molecule has 1 heterocycles. The predicted octanol–water partition coefficient (Wildman–Crippen LogP) is 2.79. The first-order chi connectivity index (χ1) is 11.2. The number of esters is 1. The number of aromatic nitrogens is 1. The van der Waals surface area contributed by atoms with Crippen LogP contribution < -0.4 is 5.32 Å². The molecule has 3 rings (SSSR count). The maximum atomic E-state index is 12.4. The van der Waals surface area contributed by atoms with Crippen molar-refractivity contribution in [2.24, 2.45) is 5.92 Å². The number of hydrogen-bond donors (Lipinski definition) is 1. The van der Waals surface area contributed by atoms with Crippen LogP contribution in [0.1, 0.15) is 74.0 Å². The predicted molar refractivity (Wildman–Crippen MR) is 82.9 cm³/mol. The van der Waals surface area contributed by atoms with E-state index in [1.54, 1.807) is 13.0 Å². The zero-order chi connectivity index (χ0) is 16.2. The van der Waals surface area contributed by atoms with Gasteiger partial charge in [-0.2, -0.15) is 0 Å². The molecule has 2 fully saturated rings. The van der Waals surface area contributed by atoms with Gasteiger partial charge in [-0.3, -0.25) is 4.79 Å². The minimum Gasteiger partial charge on any atom is -0.464 e. The highest BCUT2D eigenvalue weighted by Gasteiger charge is 2.34. The molecule has 2 aliphatic carbocycles. The Hall–Kier alpha value is -1.85. The summed E-state index contributed by atoms with van der Waals surface area (Å²) in [6.07, 6.45) is 7.42. The van der Waals surface area contributed by atoms with Crippen molar-refractivity contribution in [1.29, 1.82) is 0 Å². The molecule has 2 aliphatic rings. The Labute approximate surface area is 135 Å². The maximum absolute atomic E-state index is 12.4. The number of amides is 1. The zero-order valence-electron chi connectivity index (χ0n) is 13.5. The summed E-state index contributed by atoms with van der Waals surface area (Å²) in [6.45, 7) is 2.09. The molecular formula is C17H24N2O4. The second kappa shape index (κ2) is 7.15. The van der Waals surface area contributed by atoms with Crippen molar-refractivity contribution in [1.82, 2.24) is 10.5 Å². The molecule has 1 N–H and O–H groups in total. The summed E-state index contributed by atoms with van der Waals surface area (Å²) < 4.78 is 10.4. The normalized spacial score (nSPS) is 20.0. The molecule has 2 saturated carbocycles. The largest absolute Gasteiger partial charge is 0.464 e. The van der Waals surface area contributed by atoms with E-state index in [2.05, 4.69) is 10.5 Å². The monoisotopic (exact) mass is 320 g/mol. The summed E-state index contributed by atoms with van der Waals surface area (Å²) in [5, 5.41) is 6.67. The van der Waals surface area contributed by atoms with E-state index in [-0.39, 0.29) is 23.5 Å². The Kier molecular flexibility index (Phi) is 4.98. The standard InChI is InChI=1S/C17H24N2O4/c1-2-22-17(21)15(12-6-4-3-5-7-12)18-16(20)13-10-14(23-19-13)11-8-9-11/h10-12,15H,2-9H2,1H3,(H,18,20). The van der Waals surface area contributed by atoms with E-state index in [0.717, 1.165) is 44.3 Å². The number of carbonyl (C=O) groups is 2. The third-order valence-electron chi connectivity index (χ3n) is 4.69. The summed E-state index contributed by atoms with van der Waals surface area (Å²) in [6, 6.07) is 1.10. The van der Waals surface area contributed by atoms with E-state index in [1.165, 1.54) is 6.42 Å². The molecule has 1 atom stereocenters. The number of nitrogens with one attached hydrogen (secondary N) is 1. The highest BCUT2D eigenvalue weighted by molar-refractivity contribution is 5.95. The van der Waals surface area contributed by atoms with Gasteiger partial charge in [0.2, 0.25) is 0 Å². The van der Waals surface area contributed by atoms with Crippen molar-refractivity contribution >= 4 is 11.9 Å². The van der Waals surface area contributed by atoms with Crippen LogP contribution in [-0.2, 0) is 9.53 Å². The summed E-state index contributed by atoms with van der Waals surface area (Å²) >= 11 is 0. The maximum Gasteiger partial charge on any atom is 0.328 e. The quantitative estimate of drug-likeness (QED) is 0.815. The average molecular weight is 320 g/mol. The molecule has 1 unspecified atom stereocenters. The van der Waals surface area contributed by atoms with Crippen LogP contribution in [0.15, 0.2) is 10.6 Å². The molecule has 1 aromatic rings. The van der Waals surface area contributed by atoms with Crippen LogP contribution in [0.3, 0.4) is 0 Å². The van der Waals surface area contributed by atoms with E-state index in [1.807, 2.05) is 0 Å². The van der Waals surface area contributed by atoms with E-state index >= 15 is 0 Å². The van der Waals surface area contributed by atoms with Gasteiger partial charge < -0.3 is 14.6 Å². The number of hydrogen-bond acceptors (Lipinski definition) is 5. The van der Waals surface area contributed by atoms with Crippen LogP contribution in [0.25, 0.3) is 0 Å². The van der Waals surface area contributed by atoms with Gasteiger partial charge in [0.15, 0.2) is 5.69 Å². The molecule has 6 heteroatoms. The van der Waals surface area contributed by atoms with E-state index < -0.39 is 6.04 Å². The molecule has 23 heavy (non-hydrogen) atoms. The molecule has 0 aliphatic heterocycles. The van der Waals surface area contributed by atoms with Gasteiger partial charge in [-0.25, -0.2) is 4.79 Å². The van der Waals surface area contributed by atoms with Gasteiger partial charge in [0.05, 0.1) is 6.61 Å². The number of ether oxygens (including phenoxy) is 1. The fraction of sp³-hybridized carbons (Fsp3) is 0.706. The second-order valence-electron chi connectivity index (χ2n) is 6.49. The first kappa shape index (κ1) is 16.0. The fourth-order valence-electron chi connectivity index (χ4n) is 3.24. The van der Waals surface area contributed by atoms with Crippen LogP contribution >= 0.6 is 0 Å². The first-order valence-corrected chi connectivity index (χ1v) is 8.63. The van der Waals surface area contributed by atoms with Gasteiger partial charge in [0.1, 0.15) is 11.8 Å². The van der Waals surface area contributed by atoms with Crippen LogP contribution in [-0.4, -0.2) is 29.7 Å². The number of carbonyl (C=O) groups excluding carboxylic acids is 2. The van der Waals surface area contributed by atoms with E-state index in [0.29, 0.717) is 12.5 Å². The fourth-order valence-corrected chi connectivity index (χ4v) is 3.24. The van der Waals surface area contributed by atoms with Crippen molar-refractivity contribution in [2.75, 3.05) is 6.61 Å². The zero-order valence-corrected chi connectivity index (χ0v) is 13.5. The molecule has 0 bridgehead atoms. The van der Waals surface area contributed by atoms with Gasteiger partial charge in [-0.1, -0.05) is 24.4 Å². The molecule has 0 radical (unpaired) electrons. The molecule has 0 saturated heterocycles. The molecule has 126 valence electrons. The van der Waals surface area contributed by atoms with Crippen molar-refractivity contribution in [3.05, 3.63) is 17.5 Å². The molecule has 1 amide bonds. The average Bonchev–Trinajstić information content (AvgIpc) is 3.30. The summed E-state index contributed by atoms with van der Waals surface area (Å²) in [5.41, 5.74) is 0.247. The van der Waals surface area contributed by atoms with Crippen molar-refractivity contribution in [3.63, 3.8) is 0 Å². The molecular weight excluding hydrogens is 296 g/mol. The van der Waals surface area contributed by atoms with Crippen LogP contribution in [0.4, 0.5) is 0 Å². The Bertz CT molecular complexity index is 559. The Morgan fingerprint density at radius 2 is 2.04 bits per heavy atom. The van der Waals surface area contributed by atoms with Crippen molar-refractivity contribution in [3.8, 4) is 0 Å². The number of nitrogens with zero attached hydrogens (tertiary/aromatic N) is 1. The first-order valence-electron chi connectivity index (χ1n) is 8.63. The van der Waals surface area contributed by atoms with Crippen molar-refractivity contribution < 1.29 is 18.8 Å². The Balaban J connectivity index is 1.67. The number of rotatable bonds is 6. The molecule has 1 aromatic heterocycles. The second-order valence-corrected chi connectivity index (χ2v) is 6.49. The lowest BCUT2D eigenvalue weighted by Crippen LogP contribution is -2.47. The van der Waals surface area contributed by atoms with Gasteiger partial charge in [0, 0.05) is 12.0 Å². The van der Waals surface area contributed by atoms with E-state index in [9.17, 15) is 9.59 Å². The molecule has 0 spiro atoms. The lowest BCUT2D eigenvalue weighted by atomic mass is 9.84. The van der Waals surface area contributed by atoms with E-state index in [4.69, 9.17) is 9.26 Å². The minimum absolute atomic E-state index is 0.140. The Morgan fingerprint density at radius 1 is 1.30 bits per heavy atom. The van der Waals surface area contributed by atoms with Gasteiger partial charge in [-0.15, -0.1) is 0 Å². The van der Waals surface area contributed by atoms with Crippen LogP contribution in [0.5, 0.6) is 0 Å². The topological polar surface area (TPSA) is 81.4 Å². The summed E-state index contributed by atoms with van der Waals surface area (Å²) in [7, 11) is 0. The Morgan fingerprint density at radius 3 is 2.70 bits per heavy atom. The molecule has 0 aromatic carbocycles. The smallest absolute Gasteiger partial charge is 0.328 e. The van der Waals surface area contributed by atoms with Gasteiger partial charge in [-0.05, 0) is 38.5 Å². The summed E-state index contributed by atoms with van der Waals surface area (Å²) in [5.74, 6) is 0.605. The third-order valence-corrected chi connectivity index (χ3v) is 4.69. The highest BCUT2D eigenvalue weighted by atomic mass is 16.5. The van der Waals surface area contributed by atoms with Crippen LogP contribution in [0.2, 0.25) is 0 Å². The van der Waals surface area contributed by atoms with Gasteiger partial charge >= 0.3 is 5.97 Å². The van der Waals surface area contributed by atoms with Crippen molar-refractivity contribution in [2.45, 2.75) is 63.8 Å². The lowest BCUT2D eigenvalue weighted by molar-refractivity contribution is -0.147.